The van der Waals surface area contributed by atoms with Crippen molar-refractivity contribution in [2.75, 3.05) is 25.4 Å². The molecule has 0 saturated carbocycles. The molecular formula is C22H30N2O7S. The lowest BCUT2D eigenvalue weighted by molar-refractivity contribution is -0.157. The molecule has 1 aliphatic rings. The van der Waals surface area contributed by atoms with Crippen molar-refractivity contribution in [3.63, 3.8) is 0 Å². The summed E-state index contributed by atoms with van der Waals surface area (Å²) in [5.41, 5.74) is 0.398. The topological polar surface area (TPSA) is 122 Å². The van der Waals surface area contributed by atoms with E-state index in [4.69, 9.17) is 9.57 Å². The summed E-state index contributed by atoms with van der Waals surface area (Å²) in [7, 11) is -3.86. The van der Waals surface area contributed by atoms with E-state index in [9.17, 15) is 23.1 Å². The number of hydroxylamine groups is 1. The SMILES string of the molecule is CC#CCOc1ccc(S(=O)(=O)CC2(C(=O)NOC(C)(C)C)CCN(C(=O)O)CC2)cc1. The molecule has 0 spiro atoms. The first-order valence-electron chi connectivity index (χ1n) is 10.2. The molecule has 1 saturated heterocycles. The maximum atomic E-state index is 13.2. The highest BCUT2D eigenvalue weighted by Gasteiger charge is 2.46. The fraction of sp³-hybridized carbons (Fsp3) is 0.545. The van der Waals surface area contributed by atoms with Crippen LogP contribution in [0.1, 0.15) is 40.5 Å². The lowest BCUT2D eigenvalue weighted by atomic mass is 9.79. The highest BCUT2D eigenvalue weighted by molar-refractivity contribution is 7.91. The van der Waals surface area contributed by atoms with E-state index in [0.29, 0.717) is 5.75 Å². The van der Waals surface area contributed by atoms with Gasteiger partial charge in [0, 0.05) is 13.1 Å². The second-order valence-electron chi connectivity index (χ2n) is 8.64. The summed E-state index contributed by atoms with van der Waals surface area (Å²) in [5, 5.41) is 9.23. The third-order valence-corrected chi connectivity index (χ3v) is 6.98. The Hall–Kier alpha value is -2.77. The first-order chi connectivity index (χ1) is 14.9. The predicted octanol–water partition coefficient (Wildman–Crippen LogP) is 2.47. The maximum Gasteiger partial charge on any atom is 0.407 e. The Morgan fingerprint density at radius 1 is 1.19 bits per heavy atom. The summed E-state index contributed by atoms with van der Waals surface area (Å²) in [6.07, 6.45) is -0.972. The van der Waals surface area contributed by atoms with E-state index in [1.807, 2.05) is 0 Å². The van der Waals surface area contributed by atoms with Gasteiger partial charge in [0.1, 0.15) is 12.4 Å². The minimum Gasteiger partial charge on any atom is -0.481 e. The molecule has 176 valence electrons. The number of hydrogen-bond acceptors (Lipinski definition) is 6. The molecule has 2 rings (SSSR count). The third kappa shape index (κ3) is 6.87. The molecule has 0 radical (unpaired) electrons. The van der Waals surface area contributed by atoms with Crippen LogP contribution in [0.3, 0.4) is 0 Å². The van der Waals surface area contributed by atoms with Crippen LogP contribution in [0.2, 0.25) is 0 Å². The molecule has 0 aromatic heterocycles. The summed E-state index contributed by atoms with van der Waals surface area (Å²) >= 11 is 0. The Kier molecular flexibility index (Phi) is 8.15. The summed E-state index contributed by atoms with van der Waals surface area (Å²) in [5.74, 6) is 4.90. The fourth-order valence-electron chi connectivity index (χ4n) is 3.25. The van der Waals surface area contributed by atoms with Crippen LogP contribution >= 0.6 is 0 Å². The number of amides is 2. The van der Waals surface area contributed by atoms with Gasteiger partial charge in [0.25, 0.3) is 5.91 Å². The summed E-state index contributed by atoms with van der Waals surface area (Å²) < 4.78 is 31.8. The smallest absolute Gasteiger partial charge is 0.407 e. The molecule has 0 unspecified atom stereocenters. The van der Waals surface area contributed by atoms with Gasteiger partial charge in [-0.2, -0.15) is 0 Å². The predicted molar refractivity (Wildman–Crippen MR) is 118 cm³/mol. The number of likely N-dealkylation sites (tertiary alicyclic amines) is 1. The molecule has 1 aromatic carbocycles. The van der Waals surface area contributed by atoms with Crippen molar-refractivity contribution >= 4 is 21.8 Å². The van der Waals surface area contributed by atoms with Crippen LogP contribution in [0.25, 0.3) is 0 Å². The van der Waals surface area contributed by atoms with E-state index in [0.717, 1.165) is 0 Å². The maximum absolute atomic E-state index is 13.2. The van der Waals surface area contributed by atoms with Crippen molar-refractivity contribution in [2.45, 2.75) is 51.0 Å². The van der Waals surface area contributed by atoms with Gasteiger partial charge in [0.15, 0.2) is 9.84 Å². The van der Waals surface area contributed by atoms with Gasteiger partial charge in [0.2, 0.25) is 0 Å². The van der Waals surface area contributed by atoms with E-state index in [1.165, 1.54) is 29.2 Å². The minimum atomic E-state index is -3.86. The number of carbonyl (C=O) groups excluding carboxylic acids is 1. The quantitative estimate of drug-likeness (QED) is 0.467. The second-order valence-corrected chi connectivity index (χ2v) is 10.6. The molecule has 9 nitrogen and oxygen atoms in total. The largest absolute Gasteiger partial charge is 0.481 e. The lowest BCUT2D eigenvalue weighted by Gasteiger charge is -2.39. The Morgan fingerprint density at radius 3 is 2.28 bits per heavy atom. The standard InChI is InChI=1S/C22H30N2O7S/c1-5-6-15-30-17-7-9-18(10-8-17)32(28,29)16-22(19(25)23-31-21(2,3)4)11-13-24(14-12-22)20(26)27/h7-10H,11-16H2,1-4H3,(H,23,25)(H,26,27). The highest BCUT2D eigenvalue weighted by atomic mass is 32.2. The molecule has 1 aliphatic heterocycles. The van der Waals surface area contributed by atoms with Gasteiger partial charge >= 0.3 is 6.09 Å². The van der Waals surface area contributed by atoms with E-state index in [1.54, 1.807) is 27.7 Å². The van der Waals surface area contributed by atoms with Gasteiger partial charge < -0.3 is 14.7 Å². The van der Waals surface area contributed by atoms with Gasteiger partial charge in [-0.05, 0) is 64.8 Å². The Labute approximate surface area is 188 Å². The van der Waals surface area contributed by atoms with Crippen molar-refractivity contribution in [1.29, 1.82) is 0 Å². The average Bonchev–Trinajstić information content (AvgIpc) is 2.72. The van der Waals surface area contributed by atoms with Gasteiger partial charge in [-0.1, -0.05) is 5.92 Å². The fourth-order valence-corrected chi connectivity index (χ4v) is 5.12. The molecule has 32 heavy (non-hydrogen) atoms. The minimum absolute atomic E-state index is 0.0519. The Balaban J connectivity index is 2.24. The van der Waals surface area contributed by atoms with E-state index in [2.05, 4.69) is 17.3 Å². The van der Waals surface area contributed by atoms with Gasteiger partial charge in [-0.3, -0.25) is 9.63 Å². The summed E-state index contributed by atoms with van der Waals surface area (Å²) in [4.78, 5) is 30.9. The number of ether oxygens (including phenoxy) is 1. The Bertz CT molecular complexity index is 978. The van der Waals surface area contributed by atoms with Crippen molar-refractivity contribution < 1.29 is 32.7 Å². The van der Waals surface area contributed by atoms with Crippen LogP contribution < -0.4 is 10.2 Å². The lowest BCUT2D eigenvalue weighted by Crippen LogP contribution is -2.53. The van der Waals surface area contributed by atoms with Gasteiger partial charge in [-0.25, -0.2) is 18.7 Å². The van der Waals surface area contributed by atoms with Crippen molar-refractivity contribution in [3.8, 4) is 17.6 Å². The van der Waals surface area contributed by atoms with Crippen LogP contribution in [0, 0.1) is 17.3 Å². The number of nitrogens with one attached hydrogen (secondary N) is 1. The molecule has 1 heterocycles. The van der Waals surface area contributed by atoms with Gasteiger partial charge in [0.05, 0.1) is 21.7 Å². The van der Waals surface area contributed by atoms with Crippen molar-refractivity contribution in [2.24, 2.45) is 5.41 Å². The molecule has 0 aliphatic carbocycles. The molecule has 0 bridgehead atoms. The molecule has 10 heteroatoms. The summed E-state index contributed by atoms with van der Waals surface area (Å²) in [6.45, 7) is 7.24. The zero-order valence-electron chi connectivity index (χ0n) is 18.8. The Morgan fingerprint density at radius 2 is 1.78 bits per heavy atom. The number of hydrogen-bond donors (Lipinski definition) is 2. The number of sulfone groups is 1. The molecule has 2 amide bonds. The number of nitrogens with zero attached hydrogens (tertiary/aromatic N) is 1. The third-order valence-electron chi connectivity index (χ3n) is 5.06. The van der Waals surface area contributed by atoms with Crippen LogP contribution in [0.15, 0.2) is 29.2 Å². The molecule has 0 atom stereocenters. The highest BCUT2D eigenvalue weighted by Crippen LogP contribution is 2.36. The van der Waals surface area contributed by atoms with Crippen molar-refractivity contribution in [3.05, 3.63) is 24.3 Å². The van der Waals surface area contributed by atoms with E-state index in [-0.39, 0.29) is 37.4 Å². The van der Waals surface area contributed by atoms with Gasteiger partial charge in [-0.15, -0.1) is 5.92 Å². The zero-order chi connectivity index (χ0) is 24.0. The summed E-state index contributed by atoms with van der Waals surface area (Å²) in [6, 6.07) is 5.92. The number of rotatable bonds is 7. The molecular weight excluding hydrogens is 436 g/mol. The average molecular weight is 467 g/mol. The number of piperidine rings is 1. The normalized spacial score (nSPS) is 15.9. The van der Waals surface area contributed by atoms with E-state index >= 15 is 0 Å². The number of benzene rings is 1. The monoisotopic (exact) mass is 466 g/mol. The zero-order valence-corrected chi connectivity index (χ0v) is 19.6. The molecule has 1 fully saturated rings. The van der Waals surface area contributed by atoms with Crippen LogP contribution in [0.4, 0.5) is 4.79 Å². The van der Waals surface area contributed by atoms with E-state index < -0.39 is 38.6 Å². The first-order valence-corrected chi connectivity index (χ1v) is 11.9. The number of carboxylic acid groups (broad SMARTS) is 1. The van der Waals surface area contributed by atoms with Crippen LogP contribution in [0.5, 0.6) is 5.75 Å². The van der Waals surface area contributed by atoms with Crippen LogP contribution in [-0.4, -0.2) is 61.5 Å². The number of carbonyl (C=O) groups is 2. The molecule has 1 aromatic rings. The first kappa shape index (κ1) is 25.5. The molecule has 2 N–H and O–H groups in total. The van der Waals surface area contributed by atoms with Crippen molar-refractivity contribution in [1.82, 2.24) is 10.4 Å². The second kappa shape index (κ2) is 10.2. The van der Waals surface area contributed by atoms with Crippen LogP contribution in [-0.2, 0) is 19.5 Å².